The zero-order valence-electron chi connectivity index (χ0n) is 13.0. The van der Waals surface area contributed by atoms with Crippen LogP contribution < -0.4 is 10.1 Å². The fourth-order valence-corrected chi connectivity index (χ4v) is 1.95. The molecule has 2 aromatic carbocycles. The molecule has 0 aliphatic carbocycles. The fraction of sp³-hybridized carbons (Fsp3) is 0.278. The molecule has 1 N–H and O–H groups in total. The molecule has 0 atom stereocenters. The number of rotatable bonds is 4. The maximum atomic E-state index is 13.5. The van der Waals surface area contributed by atoms with E-state index in [9.17, 15) is 9.18 Å². The molecule has 1 amide bonds. The SMILES string of the molecule is CC(C)(C)Oc1ccc(CNC(=O)c2ccccc2F)cc1. The van der Waals surface area contributed by atoms with E-state index in [0.717, 1.165) is 11.3 Å². The molecular formula is C18H20FNO2. The van der Waals surface area contributed by atoms with Crippen molar-refractivity contribution >= 4 is 5.91 Å². The van der Waals surface area contributed by atoms with Crippen LogP contribution in [0.15, 0.2) is 48.5 Å². The van der Waals surface area contributed by atoms with Gasteiger partial charge < -0.3 is 10.1 Å². The van der Waals surface area contributed by atoms with Crippen molar-refractivity contribution in [2.45, 2.75) is 32.9 Å². The summed E-state index contributed by atoms with van der Waals surface area (Å²) in [5, 5.41) is 2.70. The quantitative estimate of drug-likeness (QED) is 0.929. The molecule has 0 aromatic heterocycles. The van der Waals surface area contributed by atoms with Gasteiger partial charge in [0.05, 0.1) is 5.56 Å². The van der Waals surface area contributed by atoms with Crippen LogP contribution in [-0.2, 0) is 6.54 Å². The number of halogens is 1. The Morgan fingerprint density at radius 2 is 1.73 bits per heavy atom. The average Bonchev–Trinajstić information content (AvgIpc) is 2.45. The summed E-state index contributed by atoms with van der Waals surface area (Å²) in [6, 6.07) is 13.4. The minimum absolute atomic E-state index is 0.0511. The van der Waals surface area contributed by atoms with Gasteiger partial charge in [-0.15, -0.1) is 0 Å². The summed E-state index contributed by atoms with van der Waals surface area (Å²) in [6.45, 7) is 6.28. The van der Waals surface area contributed by atoms with E-state index in [-0.39, 0.29) is 11.2 Å². The Hall–Kier alpha value is -2.36. The van der Waals surface area contributed by atoms with Gasteiger partial charge >= 0.3 is 0 Å². The van der Waals surface area contributed by atoms with Gasteiger partial charge in [0.25, 0.3) is 5.91 Å². The van der Waals surface area contributed by atoms with Gasteiger partial charge in [0.1, 0.15) is 17.2 Å². The minimum atomic E-state index is -0.520. The average molecular weight is 301 g/mol. The first kappa shape index (κ1) is 16.0. The lowest BCUT2D eigenvalue weighted by Crippen LogP contribution is -2.24. The summed E-state index contributed by atoms with van der Waals surface area (Å²) in [7, 11) is 0. The highest BCUT2D eigenvalue weighted by molar-refractivity contribution is 5.94. The van der Waals surface area contributed by atoms with Crippen LogP contribution >= 0.6 is 0 Å². The van der Waals surface area contributed by atoms with Crippen molar-refractivity contribution in [3.63, 3.8) is 0 Å². The van der Waals surface area contributed by atoms with Crippen molar-refractivity contribution in [1.82, 2.24) is 5.32 Å². The van der Waals surface area contributed by atoms with Crippen LogP contribution in [0.5, 0.6) is 5.75 Å². The molecule has 0 saturated heterocycles. The van der Waals surface area contributed by atoms with Gasteiger partial charge in [0.2, 0.25) is 0 Å². The minimum Gasteiger partial charge on any atom is -0.488 e. The number of carbonyl (C=O) groups is 1. The van der Waals surface area contributed by atoms with Gasteiger partial charge in [-0.05, 0) is 50.6 Å². The largest absolute Gasteiger partial charge is 0.488 e. The Morgan fingerprint density at radius 1 is 1.09 bits per heavy atom. The van der Waals surface area contributed by atoms with E-state index >= 15 is 0 Å². The predicted octanol–water partition coefficient (Wildman–Crippen LogP) is 3.93. The molecule has 0 unspecified atom stereocenters. The number of nitrogens with one attached hydrogen (secondary N) is 1. The Balaban J connectivity index is 1.95. The number of amides is 1. The first-order valence-corrected chi connectivity index (χ1v) is 7.16. The van der Waals surface area contributed by atoms with Crippen LogP contribution in [0.2, 0.25) is 0 Å². The molecule has 0 aliphatic rings. The fourth-order valence-electron chi connectivity index (χ4n) is 1.95. The van der Waals surface area contributed by atoms with E-state index in [1.54, 1.807) is 12.1 Å². The van der Waals surface area contributed by atoms with E-state index < -0.39 is 11.7 Å². The number of carbonyl (C=O) groups excluding carboxylic acids is 1. The standard InChI is InChI=1S/C18H20FNO2/c1-18(2,3)22-14-10-8-13(9-11-14)12-20-17(21)15-6-4-5-7-16(15)19/h4-11H,12H2,1-3H3,(H,20,21). The lowest BCUT2D eigenvalue weighted by Gasteiger charge is -2.21. The maximum Gasteiger partial charge on any atom is 0.254 e. The summed E-state index contributed by atoms with van der Waals surface area (Å²) < 4.78 is 19.2. The number of hydrogen-bond donors (Lipinski definition) is 1. The summed E-state index contributed by atoms with van der Waals surface area (Å²) in [4.78, 5) is 11.9. The second kappa shape index (κ2) is 6.60. The van der Waals surface area contributed by atoms with Crippen LogP contribution in [-0.4, -0.2) is 11.5 Å². The molecule has 0 heterocycles. The monoisotopic (exact) mass is 301 g/mol. The second-order valence-corrected chi connectivity index (χ2v) is 6.02. The van der Waals surface area contributed by atoms with Gasteiger partial charge in [-0.25, -0.2) is 4.39 Å². The van der Waals surface area contributed by atoms with Crippen LogP contribution in [0.3, 0.4) is 0 Å². The van der Waals surface area contributed by atoms with Crippen LogP contribution in [0, 0.1) is 5.82 Å². The number of hydrogen-bond acceptors (Lipinski definition) is 2. The van der Waals surface area contributed by atoms with Crippen molar-refractivity contribution in [1.29, 1.82) is 0 Å². The molecule has 2 aromatic rings. The molecule has 116 valence electrons. The first-order valence-electron chi connectivity index (χ1n) is 7.16. The van der Waals surface area contributed by atoms with Gasteiger partial charge in [-0.3, -0.25) is 4.79 Å². The van der Waals surface area contributed by atoms with Crippen LogP contribution in [0.4, 0.5) is 4.39 Å². The maximum absolute atomic E-state index is 13.5. The molecule has 2 rings (SSSR count). The molecule has 4 heteroatoms. The highest BCUT2D eigenvalue weighted by atomic mass is 19.1. The Labute approximate surface area is 130 Å². The van der Waals surface area contributed by atoms with Crippen molar-refractivity contribution in [3.8, 4) is 5.75 Å². The molecule has 0 saturated carbocycles. The van der Waals surface area contributed by atoms with Gasteiger partial charge in [0.15, 0.2) is 0 Å². The Kier molecular flexibility index (Phi) is 4.81. The topological polar surface area (TPSA) is 38.3 Å². The molecule has 22 heavy (non-hydrogen) atoms. The number of ether oxygens (including phenoxy) is 1. The molecule has 0 radical (unpaired) electrons. The summed E-state index contributed by atoms with van der Waals surface area (Å²) in [5.41, 5.74) is 0.724. The third kappa shape index (κ3) is 4.58. The molecule has 3 nitrogen and oxygen atoms in total. The van der Waals surface area contributed by atoms with Crippen molar-refractivity contribution < 1.29 is 13.9 Å². The third-order valence-corrected chi connectivity index (χ3v) is 2.92. The van der Waals surface area contributed by atoms with Crippen molar-refractivity contribution in [3.05, 3.63) is 65.5 Å². The highest BCUT2D eigenvalue weighted by Gasteiger charge is 2.12. The van der Waals surface area contributed by atoms with Gasteiger partial charge in [-0.1, -0.05) is 24.3 Å². The lowest BCUT2D eigenvalue weighted by molar-refractivity contribution is 0.0947. The lowest BCUT2D eigenvalue weighted by atomic mass is 10.1. The van der Waals surface area contributed by atoms with Crippen molar-refractivity contribution in [2.24, 2.45) is 0 Å². The van der Waals surface area contributed by atoms with Crippen molar-refractivity contribution in [2.75, 3.05) is 0 Å². The summed E-state index contributed by atoms with van der Waals surface area (Å²) in [6.07, 6.45) is 0. The number of benzene rings is 2. The summed E-state index contributed by atoms with van der Waals surface area (Å²) in [5.74, 6) is -0.168. The van der Waals surface area contributed by atoms with E-state index in [2.05, 4.69) is 5.32 Å². The first-order chi connectivity index (χ1) is 10.3. The van der Waals surface area contributed by atoms with Gasteiger partial charge in [-0.2, -0.15) is 0 Å². The van der Waals surface area contributed by atoms with E-state index in [1.807, 2.05) is 45.0 Å². The van der Waals surface area contributed by atoms with E-state index in [4.69, 9.17) is 4.74 Å². The predicted molar refractivity (Wildman–Crippen MR) is 84.4 cm³/mol. The molecule has 0 spiro atoms. The Morgan fingerprint density at radius 3 is 2.32 bits per heavy atom. The zero-order chi connectivity index (χ0) is 16.2. The highest BCUT2D eigenvalue weighted by Crippen LogP contribution is 2.18. The van der Waals surface area contributed by atoms with E-state index in [1.165, 1.54) is 12.1 Å². The van der Waals surface area contributed by atoms with Crippen LogP contribution in [0.25, 0.3) is 0 Å². The smallest absolute Gasteiger partial charge is 0.254 e. The zero-order valence-corrected chi connectivity index (χ0v) is 13.0. The van der Waals surface area contributed by atoms with Crippen LogP contribution in [0.1, 0.15) is 36.7 Å². The summed E-state index contributed by atoms with van der Waals surface area (Å²) >= 11 is 0. The second-order valence-electron chi connectivity index (χ2n) is 6.02. The molecule has 0 bridgehead atoms. The van der Waals surface area contributed by atoms with Gasteiger partial charge in [0, 0.05) is 6.54 Å². The molecule has 0 fully saturated rings. The molecule has 0 aliphatic heterocycles. The Bertz CT molecular complexity index is 645. The van der Waals surface area contributed by atoms with E-state index in [0.29, 0.717) is 6.54 Å². The molecular weight excluding hydrogens is 281 g/mol. The normalized spacial score (nSPS) is 11.1. The third-order valence-electron chi connectivity index (χ3n) is 2.92.